The van der Waals surface area contributed by atoms with Crippen LogP contribution in [0.3, 0.4) is 0 Å². The van der Waals surface area contributed by atoms with Crippen LogP contribution in [0.2, 0.25) is 0 Å². The van der Waals surface area contributed by atoms with Gasteiger partial charge in [0.05, 0.1) is 0 Å². The smallest absolute Gasteiger partial charge is 0.0356 e. The average Bonchev–Trinajstić information content (AvgIpc) is 2.49. The summed E-state index contributed by atoms with van der Waals surface area (Å²) in [6.45, 7) is 10.6. The van der Waals surface area contributed by atoms with Gasteiger partial charge in [0.25, 0.3) is 0 Å². The molecule has 2 rings (SSSR count). The highest BCUT2D eigenvalue weighted by atomic mass is 15.2. The van der Waals surface area contributed by atoms with Crippen molar-refractivity contribution in [2.24, 2.45) is 11.7 Å². The molecule has 0 aliphatic carbocycles. The second kappa shape index (κ2) is 7.91. The molecule has 0 aromatic carbocycles. The quantitative estimate of drug-likeness (QED) is 0.805. The third-order valence-electron chi connectivity index (χ3n) is 5.62. The Kier molecular flexibility index (Phi) is 6.48. The fourth-order valence-corrected chi connectivity index (χ4v) is 4.26. The van der Waals surface area contributed by atoms with E-state index in [0.29, 0.717) is 5.54 Å². The van der Waals surface area contributed by atoms with E-state index in [1.165, 1.54) is 71.4 Å². The molecular formula is C17H36N4. The molecule has 0 spiro atoms. The van der Waals surface area contributed by atoms with Crippen LogP contribution in [0.25, 0.3) is 0 Å². The monoisotopic (exact) mass is 296 g/mol. The lowest BCUT2D eigenvalue weighted by Gasteiger charge is -2.51. The van der Waals surface area contributed by atoms with E-state index in [0.717, 1.165) is 12.5 Å². The number of hydrogen-bond acceptors (Lipinski definition) is 4. The first-order valence-corrected chi connectivity index (χ1v) is 8.92. The minimum Gasteiger partial charge on any atom is -0.329 e. The van der Waals surface area contributed by atoms with Crippen molar-refractivity contribution >= 4 is 0 Å². The second-order valence-electron chi connectivity index (χ2n) is 7.46. The van der Waals surface area contributed by atoms with Crippen molar-refractivity contribution in [3.05, 3.63) is 0 Å². The predicted molar refractivity (Wildman–Crippen MR) is 90.6 cm³/mol. The van der Waals surface area contributed by atoms with Gasteiger partial charge in [0, 0.05) is 18.6 Å². The van der Waals surface area contributed by atoms with E-state index in [-0.39, 0.29) is 0 Å². The van der Waals surface area contributed by atoms with E-state index < -0.39 is 0 Å². The van der Waals surface area contributed by atoms with Gasteiger partial charge in [0.2, 0.25) is 0 Å². The maximum atomic E-state index is 6.24. The molecule has 2 N–H and O–H groups in total. The van der Waals surface area contributed by atoms with E-state index in [9.17, 15) is 0 Å². The van der Waals surface area contributed by atoms with Crippen LogP contribution in [0.5, 0.6) is 0 Å². The largest absolute Gasteiger partial charge is 0.329 e. The Bertz CT molecular complexity index is 289. The topological polar surface area (TPSA) is 35.7 Å². The maximum absolute atomic E-state index is 6.24. The van der Waals surface area contributed by atoms with Crippen LogP contribution in [0.4, 0.5) is 0 Å². The molecule has 0 unspecified atom stereocenters. The molecule has 0 radical (unpaired) electrons. The number of hydrogen-bond donors (Lipinski definition) is 1. The molecule has 0 atom stereocenters. The summed E-state index contributed by atoms with van der Waals surface area (Å²) in [5, 5.41) is 0. The van der Waals surface area contributed by atoms with E-state index in [1.54, 1.807) is 0 Å². The fourth-order valence-electron chi connectivity index (χ4n) is 4.26. The highest BCUT2D eigenvalue weighted by Crippen LogP contribution is 2.32. The Labute approximate surface area is 131 Å². The molecule has 2 aliphatic rings. The summed E-state index contributed by atoms with van der Waals surface area (Å²) in [7, 11) is 4.38. The van der Waals surface area contributed by atoms with Crippen LogP contribution in [0, 0.1) is 5.92 Å². The summed E-state index contributed by atoms with van der Waals surface area (Å²) >= 11 is 0. The first-order valence-electron chi connectivity index (χ1n) is 8.92. The molecule has 2 fully saturated rings. The fraction of sp³-hybridized carbons (Fsp3) is 1.00. The second-order valence-corrected chi connectivity index (χ2v) is 7.46. The molecule has 2 aliphatic heterocycles. The van der Waals surface area contributed by atoms with E-state index in [1.807, 2.05) is 0 Å². The van der Waals surface area contributed by atoms with Crippen molar-refractivity contribution < 1.29 is 0 Å². The summed E-state index contributed by atoms with van der Waals surface area (Å²) in [6.07, 6.45) is 6.49. The normalized spacial score (nSPS) is 25.6. The van der Waals surface area contributed by atoms with E-state index in [4.69, 9.17) is 5.73 Å². The Hall–Kier alpha value is -0.160. The zero-order chi connectivity index (χ0) is 15.3. The van der Waals surface area contributed by atoms with Gasteiger partial charge in [0.15, 0.2) is 0 Å². The lowest BCUT2D eigenvalue weighted by atomic mass is 9.82. The number of nitrogens with zero attached hydrogens (tertiary/aromatic N) is 3. The minimum absolute atomic E-state index is 0.299. The molecule has 0 aromatic heterocycles. The number of piperidine rings is 2. The minimum atomic E-state index is 0.299. The highest BCUT2D eigenvalue weighted by molar-refractivity contribution is 4.97. The van der Waals surface area contributed by atoms with Crippen molar-refractivity contribution in [3.63, 3.8) is 0 Å². The third kappa shape index (κ3) is 4.41. The standard InChI is InChI=1S/C17H36N4/c1-4-9-20-12-7-17(15-18,8-13-20)21-10-5-16(6-11-21)14-19(2)3/h16H,4-15,18H2,1-3H3. The Morgan fingerprint density at radius 2 is 1.71 bits per heavy atom. The Balaban J connectivity index is 1.85. The molecule has 0 bridgehead atoms. The van der Waals surface area contributed by atoms with Gasteiger partial charge in [-0.25, -0.2) is 0 Å². The first kappa shape index (κ1) is 17.2. The lowest BCUT2D eigenvalue weighted by Crippen LogP contribution is -2.61. The zero-order valence-corrected chi connectivity index (χ0v) is 14.5. The molecule has 2 saturated heterocycles. The number of likely N-dealkylation sites (tertiary alicyclic amines) is 2. The molecule has 124 valence electrons. The van der Waals surface area contributed by atoms with Crippen molar-refractivity contribution in [1.82, 2.24) is 14.7 Å². The van der Waals surface area contributed by atoms with Gasteiger partial charge in [-0.1, -0.05) is 6.92 Å². The number of rotatable bonds is 6. The first-order chi connectivity index (χ1) is 10.1. The van der Waals surface area contributed by atoms with Crippen molar-refractivity contribution in [1.29, 1.82) is 0 Å². The van der Waals surface area contributed by atoms with Crippen LogP contribution in [0.15, 0.2) is 0 Å². The van der Waals surface area contributed by atoms with E-state index >= 15 is 0 Å². The Morgan fingerprint density at radius 3 is 2.19 bits per heavy atom. The summed E-state index contributed by atoms with van der Waals surface area (Å²) in [4.78, 5) is 7.69. The summed E-state index contributed by atoms with van der Waals surface area (Å²) in [6, 6.07) is 0. The van der Waals surface area contributed by atoms with Gasteiger partial charge in [0.1, 0.15) is 0 Å². The van der Waals surface area contributed by atoms with Crippen molar-refractivity contribution in [2.75, 3.05) is 59.9 Å². The van der Waals surface area contributed by atoms with Gasteiger partial charge >= 0.3 is 0 Å². The van der Waals surface area contributed by atoms with Gasteiger partial charge in [-0.05, 0) is 84.8 Å². The Morgan fingerprint density at radius 1 is 1.10 bits per heavy atom. The average molecular weight is 297 g/mol. The highest BCUT2D eigenvalue weighted by Gasteiger charge is 2.39. The van der Waals surface area contributed by atoms with Crippen LogP contribution in [-0.2, 0) is 0 Å². The molecule has 0 saturated carbocycles. The molecule has 21 heavy (non-hydrogen) atoms. The van der Waals surface area contributed by atoms with Gasteiger partial charge in [-0.15, -0.1) is 0 Å². The van der Waals surface area contributed by atoms with E-state index in [2.05, 4.69) is 35.7 Å². The predicted octanol–water partition coefficient (Wildman–Crippen LogP) is 1.46. The van der Waals surface area contributed by atoms with Crippen LogP contribution < -0.4 is 5.73 Å². The zero-order valence-electron chi connectivity index (χ0n) is 14.5. The van der Waals surface area contributed by atoms with Gasteiger partial charge < -0.3 is 15.5 Å². The molecule has 4 heteroatoms. The van der Waals surface area contributed by atoms with Crippen LogP contribution >= 0.6 is 0 Å². The molecule has 2 heterocycles. The lowest BCUT2D eigenvalue weighted by molar-refractivity contribution is 0.00206. The molecule has 0 amide bonds. The summed E-state index contributed by atoms with van der Waals surface area (Å²) < 4.78 is 0. The van der Waals surface area contributed by atoms with Gasteiger partial charge in [-0.3, -0.25) is 4.90 Å². The molecular weight excluding hydrogens is 260 g/mol. The third-order valence-corrected chi connectivity index (χ3v) is 5.62. The van der Waals surface area contributed by atoms with Crippen LogP contribution in [0.1, 0.15) is 39.0 Å². The van der Waals surface area contributed by atoms with Crippen LogP contribution in [-0.4, -0.2) is 80.1 Å². The number of nitrogens with two attached hydrogens (primary N) is 1. The molecule has 4 nitrogen and oxygen atoms in total. The van der Waals surface area contributed by atoms with Crippen molar-refractivity contribution in [2.45, 2.75) is 44.6 Å². The summed E-state index contributed by atoms with van der Waals surface area (Å²) in [5.74, 6) is 0.881. The maximum Gasteiger partial charge on any atom is 0.0356 e. The van der Waals surface area contributed by atoms with Crippen molar-refractivity contribution in [3.8, 4) is 0 Å². The SMILES string of the molecule is CCCN1CCC(CN)(N2CCC(CN(C)C)CC2)CC1. The molecule has 0 aromatic rings. The summed E-state index contributed by atoms with van der Waals surface area (Å²) in [5.41, 5.74) is 6.53. The van der Waals surface area contributed by atoms with Gasteiger partial charge in [-0.2, -0.15) is 0 Å².